The number of carbonyl (C=O) groups excluding carboxylic acids is 2. The number of rotatable bonds is 5. The van der Waals surface area contributed by atoms with Crippen molar-refractivity contribution in [1.29, 1.82) is 0 Å². The van der Waals surface area contributed by atoms with Crippen molar-refractivity contribution in [3.63, 3.8) is 0 Å². The summed E-state index contributed by atoms with van der Waals surface area (Å²) in [7, 11) is 0. The number of H-pyrrole nitrogens is 1. The van der Waals surface area contributed by atoms with Gasteiger partial charge in [-0.2, -0.15) is 0 Å². The summed E-state index contributed by atoms with van der Waals surface area (Å²) in [5, 5.41) is 12.2. The van der Waals surface area contributed by atoms with Crippen LogP contribution in [0.2, 0.25) is 0 Å². The molecule has 2 fully saturated rings. The Kier molecular flexibility index (Phi) is 5.86. The minimum Gasteiger partial charge on any atom is -0.338 e. The predicted octanol–water partition coefficient (Wildman–Crippen LogP) is 2.43. The predicted molar refractivity (Wildman–Crippen MR) is 127 cm³/mol. The second-order valence-corrected chi connectivity index (χ2v) is 9.48. The summed E-state index contributed by atoms with van der Waals surface area (Å²) >= 11 is 3.44. The monoisotopic (exact) mass is 454 g/mol. The zero-order valence-corrected chi connectivity index (χ0v) is 18.2. The quantitative estimate of drug-likeness (QED) is 0.403. The minimum atomic E-state index is -0.153. The van der Waals surface area contributed by atoms with E-state index in [0.29, 0.717) is 0 Å². The van der Waals surface area contributed by atoms with Crippen LogP contribution in [0.1, 0.15) is 0 Å². The van der Waals surface area contributed by atoms with Gasteiger partial charge in [-0.25, -0.2) is 4.98 Å². The number of aromatic nitrogens is 2. The van der Waals surface area contributed by atoms with Crippen LogP contribution in [0.25, 0.3) is 22.4 Å². The SMILES string of the molecule is O=C(Nc1ccc(-c2nc3ccc(NC(=O)C4CSCN4)cc3[nH]2)cc1)C1CSCN1. The third kappa shape index (κ3) is 4.57. The molecule has 0 saturated carbocycles. The van der Waals surface area contributed by atoms with Gasteiger partial charge in [-0.05, 0) is 42.5 Å². The molecule has 3 aromatic rings. The molecule has 2 amide bonds. The molecule has 31 heavy (non-hydrogen) atoms. The normalized spacial score (nSPS) is 20.8. The number of benzene rings is 2. The van der Waals surface area contributed by atoms with Crippen molar-refractivity contribution in [2.75, 3.05) is 33.9 Å². The van der Waals surface area contributed by atoms with Crippen LogP contribution in [0.5, 0.6) is 0 Å². The number of aromatic amines is 1. The number of carbonyl (C=O) groups is 2. The number of hydrogen-bond donors (Lipinski definition) is 5. The summed E-state index contributed by atoms with van der Waals surface area (Å²) in [6, 6.07) is 13.0. The highest BCUT2D eigenvalue weighted by atomic mass is 32.2. The van der Waals surface area contributed by atoms with E-state index in [-0.39, 0.29) is 23.9 Å². The van der Waals surface area contributed by atoms with Crippen molar-refractivity contribution in [2.45, 2.75) is 12.1 Å². The maximum Gasteiger partial charge on any atom is 0.242 e. The van der Waals surface area contributed by atoms with Gasteiger partial charge >= 0.3 is 0 Å². The molecule has 5 rings (SSSR count). The molecule has 8 nitrogen and oxygen atoms in total. The molecule has 2 aliphatic heterocycles. The fourth-order valence-corrected chi connectivity index (χ4v) is 5.41. The lowest BCUT2D eigenvalue weighted by atomic mass is 10.2. The van der Waals surface area contributed by atoms with Gasteiger partial charge in [-0.15, -0.1) is 23.5 Å². The smallest absolute Gasteiger partial charge is 0.242 e. The van der Waals surface area contributed by atoms with E-state index < -0.39 is 0 Å². The molecule has 3 heterocycles. The van der Waals surface area contributed by atoms with Gasteiger partial charge in [0.2, 0.25) is 11.8 Å². The van der Waals surface area contributed by atoms with Crippen molar-refractivity contribution < 1.29 is 9.59 Å². The molecule has 2 atom stereocenters. The maximum absolute atomic E-state index is 12.3. The van der Waals surface area contributed by atoms with E-state index in [9.17, 15) is 9.59 Å². The summed E-state index contributed by atoms with van der Waals surface area (Å²) in [5.74, 6) is 3.90. The molecule has 0 aliphatic carbocycles. The average molecular weight is 455 g/mol. The Bertz CT molecular complexity index is 1100. The van der Waals surface area contributed by atoms with E-state index in [2.05, 4.69) is 31.2 Å². The third-order valence-electron chi connectivity index (χ3n) is 5.24. The highest BCUT2D eigenvalue weighted by molar-refractivity contribution is 7.99. The third-order valence-corrected chi connectivity index (χ3v) is 7.12. The number of imidazole rings is 1. The van der Waals surface area contributed by atoms with E-state index >= 15 is 0 Å². The van der Waals surface area contributed by atoms with Gasteiger partial charge in [-0.1, -0.05) is 0 Å². The molecular formula is C21H22N6O2S2. The molecule has 10 heteroatoms. The van der Waals surface area contributed by atoms with Gasteiger partial charge < -0.3 is 15.6 Å². The van der Waals surface area contributed by atoms with Crippen molar-refractivity contribution in [1.82, 2.24) is 20.6 Å². The average Bonchev–Trinajstić information content (AvgIpc) is 3.55. The lowest BCUT2D eigenvalue weighted by Crippen LogP contribution is -2.37. The number of hydrogen-bond acceptors (Lipinski definition) is 7. The first kappa shape index (κ1) is 20.4. The van der Waals surface area contributed by atoms with Crippen LogP contribution in [0.3, 0.4) is 0 Å². The Labute approximate surface area is 187 Å². The van der Waals surface area contributed by atoms with Crippen LogP contribution in [-0.2, 0) is 9.59 Å². The number of nitrogens with zero attached hydrogens (tertiary/aromatic N) is 1. The van der Waals surface area contributed by atoms with E-state index in [4.69, 9.17) is 0 Å². The van der Waals surface area contributed by atoms with Gasteiger partial charge in [0.15, 0.2) is 0 Å². The van der Waals surface area contributed by atoms with Crippen molar-refractivity contribution in [2.24, 2.45) is 0 Å². The molecule has 5 N–H and O–H groups in total. The zero-order chi connectivity index (χ0) is 21.2. The molecule has 2 aliphatic rings. The van der Waals surface area contributed by atoms with Crippen LogP contribution in [0.15, 0.2) is 42.5 Å². The highest BCUT2D eigenvalue weighted by Crippen LogP contribution is 2.25. The van der Waals surface area contributed by atoms with Crippen LogP contribution in [0, 0.1) is 0 Å². The molecule has 1 aromatic heterocycles. The lowest BCUT2D eigenvalue weighted by Gasteiger charge is -2.10. The summed E-state index contributed by atoms with van der Waals surface area (Å²) in [4.78, 5) is 32.5. The van der Waals surface area contributed by atoms with Crippen molar-refractivity contribution in [3.05, 3.63) is 42.5 Å². The standard InChI is InChI=1S/C21H22N6O2S2/c28-20(17-8-30-10-22-17)24-13-3-1-12(2-4-13)19-26-15-6-5-14(7-16(15)27-19)25-21(29)18-9-31-11-23-18/h1-7,17-18,22-23H,8-11H2,(H,24,28)(H,25,29)(H,26,27). The summed E-state index contributed by atoms with van der Waals surface area (Å²) in [6.45, 7) is 0. The zero-order valence-electron chi connectivity index (χ0n) is 16.6. The second-order valence-electron chi connectivity index (χ2n) is 7.42. The molecule has 2 saturated heterocycles. The molecule has 0 bridgehead atoms. The van der Waals surface area contributed by atoms with Gasteiger partial charge in [0.25, 0.3) is 0 Å². The maximum atomic E-state index is 12.3. The lowest BCUT2D eigenvalue weighted by molar-refractivity contribution is -0.118. The molecule has 2 aromatic carbocycles. The minimum absolute atomic E-state index is 0.0116. The number of nitrogens with one attached hydrogen (secondary N) is 5. The summed E-state index contributed by atoms with van der Waals surface area (Å²) < 4.78 is 0. The fraction of sp³-hybridized carbons (Fsp3) is 0.286. The first-order valence-electron chi connectivity index (χ1n) is 10.00. The summed E-state index contributed by atoms with van der Waals surface area (Å²) in [5.41, 5.74) is 4.09. The van der Waals surface area contributed by atoms with E-state index in [0.717, 1.165) is 57.1 Å². The van der Waals surface area contributed by atoms with Gasteiger partial charge in [0.05, 0.1) is 23.1 Å². The van der Waals surface area contributed by atoms with E-state index in [1.54, 1.807) is 23.5 Å². The second kappa shape index (κ2) is 8.91. The fourth-order valence-electron chi connectivity index (χ4n) is 3.52. The number of amides is 2. The molecule has 2 unspecified atom stereocenters. The Balaban J connectivity index is 1.28. The van der Waals surface area contributed by atoms with E-state index in [1.165, 1.54) is 0 Å². The first-order chi connectivity index (χ1) is 15.2. The largest absolute Gasteiger partial charge is 0.338 e. The van der Waals surface area contributed by atoms with E-state index in [1.807, 2.05) is 42.5 Å². The Hall–Kier alpha value is -2.53. The van der Waals surface area contributed by atoms with Gasteiger partial charge in [0.1, 0.15) is 5.82 Å². The van der Waals surface area contributed by atoms with Crippen molar-refractivity contribution >= 4 is 57.7 Å². The van der Waals surface area contributed by atoms with Gasteiger partial charge in [0, 0.05) is 40.2 Å². The number of fused-ring (bicyclic) bond motifs is 1. The van der Waals surface area contributed by atoms with Crippen LogP contribution < -0.4 is 21.3 Å². The van der Waals surface area contributed by atoms with Crippen LogP contribution in [0.4, 0.5) is 11.4 Å². The Morgan fingerprint density at radius 3 is 2.10 bits per heavy atom. The molecule has 160 valence electrons. The Morgan fingerprint density at radius 2 is 1.48 bits per heavy atom. The van der Waals surface area contributed by atoms with Crippen molar-refractivity contribution in [3.8, 4) is 11.4 Å². The van der Waals surface area contributed by atoms with Gasteiger partial charge in [-0.3, -0.25) is 20.2 Å². The topological polar surface area (TPSA) is 111 Å². The molecule has 0 radical (unpaired) electrons. The molecule has 0 spiro atoms. The highest BCUT2D eigenvalue weighted by Gasteiger charge is 2.23. The number of thioether (sulfide) groups is 2. The van der Waals surface area contributed by atoms with Crippen LogP contribution >= 0.6 is 23.5 Å². The number of anilines is 2. The first-order valence-corrected chi connectivity index (χ1v) is 12.3. The molecular weight excluding hydrogens is 432 g/mol. The summed E-state index contributed by atoms with van der Waals surface area (Å²) in [6.07, 6.45) is 0. The Morgan fingerprint density at radius 1 is 0.871 bits per heavy atom. The van der Waals surface area contributed by atoms with Crippen LogP contribution in [-0.4, -0.2) is 57.1 Å².